The zero-order valence-corrected chi connectivity index (χ0v) is 22.6. The minimum atomic E-state index is -0.997. The molecule has 3 aromatic rings. The summed E-state index contributed by atoms with van der Waals surface area (Å²) < 4.78 is 25.6. The van der Waals surface area contributed by atoms with Gasteiger partial charge in [-0.1, -0.05) is 41.4 Å². The molecule has 1 heterocycles. The van der Waals surface area contributed by atoms with E-state index in [1.807, 2.05) is 19.1 Å². The Kier molecular flexibility index (Phi) is 8.28. The molecule has 200 valence electrons. The van der Waals surface area contributed by atoms with Crippen LogP contribution in [0.15, 0.2) is 60.7 Å². The predicted molar refractivity (Wildman–Crippen MR) is 146 cm³/mol. The van der Waals surface area contributed by atoms with E-state index < -0.39 is 35.2 Å². The summed E-state index contributed by atoms with van der Waals surface area (Å²) in [6.45, 7) is 1.93. The number of methoxy groups -OCH3 is 2. The van der Waals surface area contributed by atoms with E-state index in [2.05, 4.69) is 10.6 Å². The van der Waals surface area contributed by atoms with E-state index in [1.165, 1.54) is 32.4 Å². The van der Waals surface area contributed by atoms with Crippen LogP contribution in [0.3, 0.4) is 0 Å². The van der Waals surface area contributed by atoms with Gasteiger partial charge in [0.25, 0.3) is 0 Å². The maximum absolute atomic E-state index is 15.4. The Labute approximate surface area is 230 Å². The zero-order chi connectivity index (χ0) is 27.6. The largest absolute Gasteiger partial charge is 0.495 e. The fourth-order valence-corrected chi connectivity index (χ4v) is 5.68. The van der Waals surface area contributed by atoms with Crippen LogP contribution in [0.1, 0.15) is 34.3 Å². The molecule has 1 fully saturated rings. The number of rotatable bonds is 7. The van der Waals surface area contributed by atoms with E-state index in [-0.39, 0.29) is 28.8 Å². The Hall–Kier alpha value is -3.17. The quantitative estimate of drug-likeness (QED) is 0.355. The number of halogens is 3. The number of ether oxygens (including phenoxy) is 2. The average molecular weight is 560 g/mol. The van der Waals surface area contributed by atoms with Gasteiger partial charge in [-0.15, -0.1) is 0 Å². The molecular weight excluding hydrogens is 532 g/mol. The molecule has 1 amide bonds. The Morgan fingerprint density at radius 3 is 2.34 bits per heavy atom. The molecule has 0 saturated carbocycles. The molecule has 4 atom stereocenters. The van der Waals surface area contributed by atoms with Crippen LogP contribution in [0.5, 0.6) is 5.75 Å². The maximum atomic E-state index is 15.4. The van der Waals surface area contributed by atoms with Crippen molar-refractivity contribution < 1.29 is 23.5 Å². The highest BCUT2D eigenvalue weighted by Crippen LogP contribution is 2.49. The first-order chi connectivity index (χ1) is 18.2. The van der Waals surface area contributed by atoms with Crippen molar-refractivity contribution in [2.24, 2.45) is 5.73 Å². The van der Waals surface area contributed by atoms with E-state index in [9.17, 15) is 9.59 Å². The molecule has 4 rings (SSSR count). The Balaban J connectivity index is 1.79. The van der Waals surface area contributed by atoms with Crippen LogP contribution < -0.4 is 21.1 Å². The van der Waals surface area contributed by atoms with E-state index in [4.69, 9.17) is 38.4 Å². The summed E-state index contributed by atoms with van der Waals surface area (Å²) in [6.07, 6.45) is 0. The Morgan fingerprint density at radius 2 is 1.74 bits per heavy atom. The SMILES string of the molecule is COC(=O)c1ccc(NC(=O)[C@@H]2NC(C)[C@](CN)(c3ccc(Cl)cc3F)[C@H]2c2ccc(Cl)cc2)c(OC)c1. The molecule has 0 radical (unpaired) electrons. The Morgan fingerprint density at radius 1 is 1.05 bits per heavy atom. The van der Waals surface area contributed by atoms with Crippen molar-refractivity contribution in [1.82, 2.24) is 5.32 Å². The number of nitrogens with two attached hydrogens (primary N) is 1. The number of benzene rings is 3. The fraction of sp³-hybridized carbons (Fsp3) is 0.286. The number of hydrogen-bond donors (Lipinski definition) is 3. The third-order valence-electron chi connectivity index (χ3n) is 7.25. The molecule has 4 N–H and O–H groups in total. The second-order valence-corrected chi connectivity index (χ2v) is 10.0. The molecule has 1 aliphatic heterocycles. The van der Waals surface area contributed by atoms with Crippen LogP contribution in [0.4, 0.5) is 10.1 Å². The van der Waals surface area contributed by atoms with Crippen molar-refractivity contribution in [2.75, 3.05) is 26.1 Å². The van der Waals surface area contributed by atoms with Crippen molar-refractivity contribution in [3.8, 4) is 5.75 Å². The van der Waals surface area contributed by atoms with Gasteiger partial charge in [-0.3, -0.25) is 4.79 Å². The van der Waals surface area contributed by atoms with Gasteiger partial charge in [-0.05, 0) is 60.5 Å². The van der Waals surface area contributed by atoms with Crippen LogP contribution >= 0.6 is 23.2 Å². The number of carbonyl (C=O) groups excluding carboxylic acids is 2. The molecule has 7 nitrogen and oxygen atoms in total. The third-order valence-corrected chi connectivity index (χ3v) is 7.74. The lowest BCUT2D eigenvalue weighted by molar-refractivity contribution is -0.118. The van der Waals surface area contributed by atoms with Gasteiger partial charge in [0.05, 0.1) is 31.5 Å². The predicted octanol–water partition coefficient (Wildman–Crippen LogP) is 4.91. The number of hydrogen-bond acceptors (Lipinski definition) is 6. The molecule has 10 heteroatoms. The monoisotopic (exact) mass is 559 g/mol. The number of anilines is 1. The maximum Gasteiger partial charge on any atom is 0.337 e. The van der Waals surface area contributed by atoms with Crippen molar-refractivity contribution >= 4 is 40.8 Å². The number of amides is 1. The summed E-state index contributed by atoms with van der Waals surface area (Å²) in [7, 11) is 2.71. The highest BCUT2D eigenvalue weighted by Gasteiger charge is 2.57. The highest BCUT2D eigenvalue weighted by molar-refractivity contribution is 6.30. The second kappa shape index (κ2) is 11.3. The molecule has 0 aromatic heterocycles. The minimum Gasteiger partial charge on any atom is -0.495 e. The van der Waals surface area contributed by atoms with E-state index >= 15 is 4.39 Å². The van der Waals surface area contributed by atoms with Crippen molar-refractivity contribution in [1.29, 1.82) is 0 Å². The average Bonchev–Trinajstić information content (AvgIpc) is 3.21. The van der Waals surface area contributed by atoms with Gasteiger partial charge < -0.3 is 25.8 Å². The highest BCUT2D eigenvalue weighted by atomic mass is 35.5. The van der Waals surface area contributed by atoms with Gasteiger partial charge >= 0.3 is 5.97 Å². The number of nitrogens with one attached hydrogen (secondary N) is 2. The van der Waals surface area contributed by atoms with Crippen LogP contribution in [-0.2, 0) is 14.9 Å². The molecule has 1 aliphatic rings. The van der Waals surface area contributed by atoms with E-state index in [1.54, 1.807) is 30.3 Å². The van der Waals surface area contributed by atoms with Gasteiger partial charge in [0.1, 0.15) is 11.6 Å². The number of esters is 1. The van der Waals surface area contributed by atoms with E-state index in [0.29, 0.717) is 16.3 Å². The summed E-state index contributed by atoms with van der Waals surface area (Å²) in [6, 6.07) is 14.9. The fourth-order valence-electron chi connectivity index (χ4n) is 5.40. The number of carbonyl (C=O) groups is 2. The summed E-state index contributed by atoms with van der Waals surface area (Å²) in [5.41, 5.74) is 7.17. The molecule has 1 unspecified atom stereocenters. The third kappa shape index (κ3) is 4.97. The molecule has 38 heavy (non-hydrogen) atoms. The lowest BCUT2D eigenvalue weighted by Crippen LogP contribution is -2.48. The molecule has 0 bridgehead atoms. The second-order valence-electron chi connectivity index (χ2n) is 9.16. The van der Waals surface area contributed by atoms with Crippen molar-refractivity contribution in [2.45, 2.75) is 30.3 Å². The first-order valence-corrected chi connectivity index (χ1v) is 12.7. The standard InChI is InChI=1S/C28H28Cl2FN3O4/c1-15-28(14-32,20-10-9-19(30)13-21(20)31)24(16-4-7-18(29)8-5-16)25(33-15)26(35)34-22-11-6-17(27(36)38-3)12-23(22)37-2/h4-13,15,24-25,33H,14,32H2,1-3H3,(H,34,35)/t15?,24-,25+,28+/m0/s1. The first-order valence-electron chi connectivity index (χ1n) is 11.9. The van der Waals surface area contributed by atoms with Gasteiger partial charge in [-0.2, -0.15) is 0 Å². The smallest absolute Gasteiger partial charge is 0.337 e. The van der Waals surface area contributed by atoms with Crippen LogP contribution in [0, 0.1) is 5.82 Å². The first kappa shape index (κ1) is 27.9. The molecule has 0 spiro atoms. The lowest BCUT2D eigenvalue weighted by atomic mass is 9.64. The van der Waals surface area contributed by atoms with Gasteiger partial charge in [0.15, 0.2) is 0 Å². The molecule has 1 saturated heterocycles. The van der Waals surface area contributed by atoms with Crippen LogP contribution in [-0.4, -0.2) is 44.7 Å². The topological polar surface area (TPSA) is 103 Å². The summed E-state index contributed by atoms with van der Waals surface area (Å²) >= 11 is 12.2. The van der Waals surface area contributed by atoms with Crippen LogP contribution in [0.2, 0.25) is 10.0 Å². The lowest BCUT2D eigenvalue weighted by Gasteiger charge is -2.39. The Bertz CT molecular complexity index is 1350. The van der Waals surface area contributed by atoms with Crippen molar-refractivity contribution in [3.05, 3.63) is 93.2 Å². The van der Waals surface area contributed by atoms with Gasteiger partial charge in [-0.25, -0.2) is 9.18 Å². The van der Waals surface area contributed by atoms with Crippen molar-refractivity contribution in [3.63, 3.8) is 0 Å². The van der Waals surface area contributed by atoms with Gasteiger partial charge in [0, 0.05) is 34.0 Å². The van der Waals surface area contributed by atoms with Gasteiger partial charge in [0.2, 0.25) is 5.91 Å². The molecular formula is C28H28Cl2FN3O4. The minimum absolute atomic E-state index is 0.0495. The summed E-state index contributed by atoms with van der Waals surface area (Å²) in [5, 5.41) is 7.04. The summed E-state index contributed by atoms with van der Waals surface area (Å²) in [4.78, 5) is 25.8. The van der Waals surface area contributed by atoms with E-state index in [0.717, 1.165) is 5.56 Å². The van der Waals surface area contributed by atoms with Crippen LogP contribution in [0.25, 0.3) is 0 Å². The normalized spacial score (nSPS) is 22.7. The summed E-state index contributed by atoms with van der Waals surface area (Å²) in [5.74, 6) is -1.71. The zero-order valence-electron chi connectivity index (χ0n) is 21.1. The molecule has 0 aliphatic carbocycles. The molecule has 3 aromatic carbocycles.